The lowest BCUT2D eigenvalue weighted by Crippen LogP contribution is -2.30. The number of fused-ring (bicyclic) bond motifs is 3. The molecule has 0 saturated carbocycles. The zero-order valence-electron chi connectivity index (χ0n) is 25.0. The second-order valence-electron chi connectivity index (χ2n) is 12.2. The molecule has 1 unspecified atom stereocenters. The Morgan fingerprint density at radius 3 is 2.07 bits per heavy atom. The number of amides is 1. The number of hydrogen-bond acceptors (Lipinski definition) is 7. The number of nitrogens with one attached hydrogen (secondary N) is 1. The van der Waals surface area contributed by atoms with Crippen molar-refractivity contribution < 1.29 is 28.6 Å². The van der Waals surface area contributed by atoms with Gasteiger partial charge in [0.15, 0.2) is 0 Å². The molecule has 8 heteroatoms. The molecule has 4 rings (SSSR count). The van der Waals surface area contributed by atoms with E-state index in [9.17, 15) is 14.4 Å². The SMILES string of the molecule is CC(=O)Oc1ccc(C2c3cc(CC(=O)OC(C)(C)C)ccc3-c3ccc(NC(=O)OC(C)(C)C)cc3N2C)cc1. The van der Waals surface area contributed by atoms with E-state index in [0.717, 1.165) is 33.5 Å². The summed E-state index contributed by atoms with van der Waals surface area (Å²) in [6, 6.07) is 19.0. The summed E-state index contributed by atoms with van der Waals surface area (Å²) in [5.41, 5.74) is 5.19. The molecule has 0 bridgehead atoms. The van der Waals surface area contributed by atoms with Crippen LogP contribution in [0.1, 0.15) is 71.2 Å². The highest BCUT2D eigenvalue weighted by atomic mass is 16.6. The van der Waals surface area contributed by atoms with Gasteiger partial charge in [-0.25, -0.2) is 4.79 Å². The van der Waals surface area contributed by atoms with Gasteiger partial charge in [0.1, 0.15) is 17.0 Å². The van der Waals surface area contributed by atoms with Crippen LogP contribution in [0.3, 0.4) is 0 Å². The summed E-state index contributed by atoms with van der Waals surface area (Å²) < 4.78 is 16.2. The van der Waals surface area contributed by atoms with Gasteiger partial charge < -0.3 is 19.1 Å². The van der Waals surface area contributed by atoms with E-state index in [4.69, 9.17) is 14.2 Å². The van der Waals surface area contributed by atoms with E-state index in [-0.39, 0.29) is 24.4 Å². The Kier molecular flexibility index (Phi) is 8.15. The fraction of sp³-hybridized carbons (Fsp3) is 0.364. The van der Waals surface area contributed by atoms with Crippen LogP contribution in [0.15, 0.2) is 60.7 Å². The van der Waals surface area contributed by atoms with E-state index >= 15 is 0 Å². The van der Waals surface area contributed by atoms with Gasteiger partial charge in [0, 0.05) is 30.9 Å². The molecule has 0 spiro atoms. The zero-order chi connectivity index (χ0) is 30.1. The number of carbonyl (C=O) groups excluding carboxylic acids is 3. The van der Waals surface area contributed by atoms with Gasteiger partial charge in [-0.3, -0.25) is 14.9 Å². The average molecular weight is 559 g/mol. The lowest BCUT2D eigenvalue weighted by molar-refractivity contribution is -0.153. The molecule has 0 radical (unpaired) electrons. The summed E-state index contributed by atoms with van der Waals surface area (Å²) in [4.78, 5) is 38.7. The Morgan fingerprint density at radius 2 is 1.46 bits per heavy atom. The van der Waals surface area contributed by atoms with Crippen molar-refractivity contribution in [2.45, 2.75) is 72.1 Å². The van der Waals surface area contributed by atoms with Crippen LogP contribution in [0, 0.1) is 0 Å². The monoisotopic (exact) mass is 558 g/mol. The van der Waals surface area contributed by atoms with E-state index in [1.54, 1.807) is 12.1 Å². The predicted octanol–water partition coefficient (Wildman–Crippen LogP) is 7.05. The molecule has 216 valence electrons. The molecule has 3 aromatic rings. The molecule has 1 amide bonds. The molecule has 1 aliphatic rings. The number of carbonyl (C=O) groups is 3. The Morgan fingerprint density at radius 1 is 0.829 bits per heavy atom. The van der Waals surface area contributed by atoms with Gasteiger partial charge in [-0.05, 0) is 88.1 Å². The molecule has 0 aromatic heterocycles. The summed E-state index contributed by atoms with van der Waals surface area (Å²) in [6.45, 7) is 12.4. The Balaban J connectivity index is 1.76. The number of nitrogens with zero attached hydrogens (tertiary/aromatic N) is 1. The number of hydrogen-bond donors (Lipinski definition) is 1. The number of ether oxygens (including phenoxy) is 3. The molecule has 3 aromatic carbocycles. The minimum atomic E-state index is -0.617. The summed E-state index contributed by atoms with van der Waals surface area (Å²) in [7, 11) is 1.99. The highest BCUT2D eigenvalue weighted by molar-refractivity contribution is 5.91. The summed E-state index contributed by atoms with van der Waals surface area (Å²) >= 11 is 0. The molecule has 1 aliphatic heterocycles. The van der Waals surface area contributed by atoms with Crippen molar-refractivity contribution in [3.05, 3.63) is 77.4 Å². The molecule has 41 heavy (non-hydrogen) atoms. The minimum absolute atomic E-state index is 0.151. The van der Waals surface area contributed by atoms with Crippen LogP contribution in [-0.2, 0) is 25.5 Å². The highest BCUT2D eigenvalue weighted by Crippen LogP contribution is 2.47. The first-order valence-corrected chi connectivity index (χ1v) is 13.6. The van der Waals surface area contributed by atoms with Crippen molar-refractivity contribution in [1.29, 1.82) is 0 Å². The predicted molar refractivity (Wildman–Crippen MR) is 159 cm³/mol. The third-order valence-electron chi connectivity index (χ3n) is 6.34. The molecular weight excluding hydrogens is 520 g/mol. The summed E-state index contributed by atoms with van der Waals surface area (Å²) in [6.07, 6.45) is -0.376. The van der Waals surface area contributed by atoms with Gasteiger partial charge in [0.2, 0.25) is 0 Å². The standard InChI is InChI=1S/C33H38N2O6/c1-20(36)39-24-13-10-22(11-14-24)30-27-17-21(18-29(37)40-32(2,3)4)9-15-25(27)26-16-12-23(19-28(26)35(30)8)34-31(38)41-33(5,6)7/h9-17,19,30H,18H2,1-8H3,(H,34,38). The molecular formula is C33H38N2O6. The Hall–Kier alpha value is -4.33. The molecule has 0 saturated heterocycles. The van der Waals surface area contributed by atoms with Gasteiger partial charge in [-0.2, -0.15) is 0 Å². The van der Waals surface area contributed by atoms with E-state index in [1.807, 2.05) is 91.1 Å². The normalized spacial score (nSPS) is 14.4. The molecule has 1 N–H and O–H groups in total. The van der Waals surface area contributed by atoms with Gasteiger partial charge in [-0.15, -0.1) is 0 Å². The first kappa shape index (κ1) is 29.6. The second-order valence-corrected chi connectivity index (χ2v) is 12.2. The smallest absolute Gasteiger partial charge is 0.412 e. The number of anilines is 2. The average Bonchev–Trinajstić information content (AvgIpc) is 2.82. The quantitative estimate of drug-likeness (QED) is 0.265. The fourth-order valence-electron chi connectivity index (χ4n) is 4.92. The third-order valence-corrected chi connectivity index (χ3v) is 6.34. The van der Waals surface area contributed by atoms with Crippen molar-refractivity contribution in [1.82, 2.24) is 0 Å². The Labute approximate surface area is 241 Å². The Bertz CT molecular complexity index is 1460. The first-order chi connectivity index (χ1) is 19.1. The van der Waals surface area contributed by atoms with Gasteiger partial charge in [0.25, 0.3) is 0 Å². The molecule has 0 fully saturated rings. The van der Waals surface area contributed by atoms with Crippen LogP contribution in [0.2, 0.25) is 0 Å². The summed E-state index contributed by atoms with van der Waals surface area (Å²) in [5, 5.41) is 2.83. The maximum Gasteiger partial charge on any atom is 0.412 e. The van der Waals surface area contributed by atoms with E-state index in [1.165, 1.54) is 6.92 Å². The third kappa shape index (κ3) is 7.45. The van der Waals surface area contributed by atoms with Crippen molar-refractivity contribution in [3.8, 4) is 16.9 Å². The highest BCUT2D eigenvalue weighted by Gasteiger charge is 2.31. The van der Waals surface area contributed by atoms with Crippen LogP contribution < -0.4 is 15.0 Å². The van der Waals surface area contributed by atoms with Crippen LogP contribution in [0.4, 0.5) is 16.2 Å². The van der Waals surface area contributed by atoms with Gasteiger partial charge in [0.05, 0.1) is 12.5 Å². The van der Waals surface area contributed by atoms with E-state index in [0.29, 0.717) is 11.4 Å². The molecule has 0 aliphatic carbocycles. The van der Waals surface area contributed by atoms with E-state index < -0.39 is 17.3 Å². The lowest BCUT2D eigenvalue weighted by atomic mass is 9.84. The maximum absolute atomic E-state index is 12.6. The number of benzene rings is 3. The zero-order valence-corrected chi connectivity index (χ0v) is 25.0. The van der Waals surface area contributed by atoms with Crippen molar-refractivity contribution >= 4 is 29.4 Å². The lowest BCUT2D eigenvalue weighted by Gasteiger charge is -2.38. The maximum atomic E-state index is 12.6. The van der Waals surface area contributed by atoms with Crippen molar-refractivity contribution in [2.24, 2.45) is 0 Å². The molecule has 8 nitrogen and oxygen atoms in total. The van der Waals surface area contributed by atoms with E-state index in [2.05, 4.69) is 16.3 Å². The van der Waals surface area contributed by atoms with Gasteiger partial charge >= 0.3 is 18.0 Å². The van der Waals surface area contributed by atoms with Crippen LogP contribution in [0.25, 0.3) is 11.1 Å². The topological polar surface area (TPSA) is 94.2 Å². The second kappa shape index (κ2) is 11.3. The molecule has 1 heterocycles. The van der Waals surface area contributed by atoms with Crippen LogP contribution in [-0.4, -0.2) is 36.3 Å². The van der Waals surface area contributed by atoms with Crippen molar-refractivity contribution in [2.75, 3.05) is 17.3 Å². The van der Waals surface area contributed by atoms with Crippen LogP contribution >= 0.6 is 0 Å². The first-order valence-electron chi connectivity index (χ1n) is 13.6. The minimum Gasteiger partial charge on any atom is -0.460 e. The largest absolute Gasteiger partial charge is 0.460 e. The van der Waals surface area contributed by atoms with Gasteiger partial charge in [-0.1, -0.05) is 36.4 Å². The fourth-order valence-corrected chi connectivity index (χ4v) is 4.92. The summed E-state index contributed by atoms with van der Waals surface area (Å²) in [5.74, 6) is -0.214. The van der Waals surface area contributed by atoms with Crippen LogP contribution in [0.5, 0.6) is 5.75 Å². The molecule has 1 atom stereocenters. The van der Waals surface area contributed by atoms with Crippen molar-refractivity contribution in [3.63, 3.8) is 0 Å². The number of esters is 2. The number of rotatable bonds is 5.